The van der Waals surface area contributed by atoms with Crippen molar-refractivity contribution in [2.45, 2.75) is 51.0 Å². The molecule has 2 atom stereocenters. The summed E-state index contributed by atoms with van der Waals surface area (Å²) in [5, 5.41) is 8.74. The Balaban J connectivity index is 1.51. The molecular weight excluding hydrogens is 425 g/mol. The van der Waals surface area contributed by atoms with Crippen LogP contribution in [0.25, 0.3) is 6.08 Å². The van der Waals surface area contributed by atoms with Gasteiger partial charge in [0.15, 0.2) is 0 Å². The van der Waals surface area contributed by atoms with Gasteiger partial charge in [-0.15, -0.1) is 0 Å². The highest BCUT2D eigenvalue weighted by Crippen LogP contribution is 2.33. The zero-order valence-corrected chi connectivity index (χ0v) is 18.9. The molecule has 3 aromatic rings. The molecule has 4 rings (SSSR count). The van der Waals surface area contributed by atoms with Gasteiger partial charge in [0, 0.05) is 28.6 Å². The molecule has 0 saturated carbocycles. The van der Waals surface area contributed by atoms with Gasteiger partial charge in [-0.1, -0.05) is 48.9 Å². The van der Waals surface area contributed by atoms with E-state index in [4.69, 9.17) is 0 Å². The maximum absolute atomic E-state index is 13.6. The molecule has 0 fully saturated rings. The van der Waals surface area contributed by atoms with Gasteiger partial charge >= 0.3 is 0 Å². The van der Waals surface area contributed by atoms with Gasteiger partial charge in [-0.2, -0.15) is 5.10 Å². The van der Waals surface area contributed by atoms with Crippen molar-refractivity contribution in [1.29, 1.82) is 0 Å². The van der Waals surface area contributed by atoms with Gasteiger partial charge in [0.25, 0.3) is 0 Å². The van der Waals surface area contributed by atoms with E-state index >= 15 is 0 Å². The molecule has 32 heavy (non-hydrogen) atoms. The van der Waals surface area contributed by atoms with Gasteiger partial charge in [-0.25, -0.2) is 17.5 Å². The predicted octanol–water partition coefficient (Wildman–Crippen LogP) is 5.25. The van der Waals surface area contributed by atoms with Crippen LogP contribution in [0.15, 0.2) is 60.0 Å². The molecule has 2 N–H and O–H groups in total. The second kappa shape index (κ2) is 9.79. The number of aromatic amines is 1. The first-order valence-electron chi connectivity index (χ1n) is 11.0. The smallest absolute Gasteiger partial charge is 0.234 e. The fraction of sp³-hybridized carbons (Fsp3) is 0.320. The summed E-state index contributed by atoms with van der Waals surface area (Å²) in [6.07, 6.45) is 6.22. The highest BCUT2D eigenvalue weighted by atomic mass is 32.2. The summed E-state index contributed by atoms with van der Waals surface area (Å²) in [4.78, 5) is 0. The lowest BCUT2D eigenvalue weighted by Crippen LogP contribution is -2.24. The summed E-state index contributed by atoms with van der Waals surface area (Å²) in [5.74, 6) is -0.0243. The van der Waals surface area contributed by atoms with E-state index in [9.17, 15) is 12.8 Å². The van der Waals surface area contributed by atoms with Crippen LogP contribution < -0.4 is 4.72 Å². The lowest BCUT2D eigenvalue weighted by molar-refractivity contribution is 0.573. The third-order valence-electron chi connectivity index (χ3n) is 5.99. The van der Waals surface area contributed by atoms with Crippen LogP contribution in [0.5, 0.6) is 0 Å². The van der Waals surface area contributed by atoms with Crippen LogP contribution in [0, 0.1) is 5.82 Å². The number of hydrogen-bond acceptors (Lipinski definition) is 3. The van der Waals surface area contributed by atoms with E-state index in [2.05, 4.69) is 14.9 Å². The van der Waals surface area contributed by atoms with E-state index in [0.717, 1.165) is 54.5 Å². The minimum atomic E-state index is -3.63. The number of aromatic nitrogens is 2. The topological polar surface area (TPSA) is 74.8 Å². The summed E-state index contributed by atoms with van der Waals surface area (Å²) in [6, 6.07) is 15.8. The van der Waals surface area contributed by atoms with E-state index in [1.54, 1.807) is 18.2 Å². The van der Waals surface area contributed by atoms with Gasteiger partial charge in [0.05, 0.1) is 5.69 Å². The van der Waals surface area contributed by atoms with Crippen molar-refractivity contribution >= 4 is 16.1 Å². The predicted molar refractivity (Wildman–Crippen MR) is 125 cm³/mol. The van der Waals surface area contributed by atoms with Gasteiger partial charge in [0.2, 0.25) is 10.0 Å². The number of halogens is 1. The molecular formula is C25H28FN3O2S. The maximum Gasteiger partial charge on any atom is 0.234 e. The Morgan fingerprint density at radius 1 is 1.19 bits per heavy atom. The van der Waals surface area contributed by atoms with Crippen LogP contribution in [0.1, 0.15) is 66.2 Å². The van der Waals surface area contributed by atoms with Crippen molar-refractivity contribution in [1.82, 2.24) is 14.9 Å². The van der Waals surface area contributed by atoms with Crippen LogP contribution in [-0.4, -0.2) is 18.6 Å². The first-order chi connectivity index (χ1) is 15.4. The first kappa shape index (κ1) is 22.4. The number of H-pyrrole nitrogens is 1. The van der Waals surface area contributed by atoms with E-state index in [1.165, 1.54) is 11.5 Å². The maximum atomic E-state index is 13.6. The molecule has 168 valence electrons. The monoisotopic (exact) mass is 453 g/mol. The Morgan fingerprint density at radius 2 is 2.00 bits per heavy atom. The molecule has 0 unspecified atom stereocenters. The van der Waals surface area contributed by atoms with Gasteiger partial charge < -0.3 is 0 Å². The molecule has 7 heteroatoms. The summed E-state index contributed by atoms with van der Waals surface area (Å²) < 4.78 is 41.5. The van der Waals surface area contributed by atoms with Crippen LogP contribution in [0.3, 0.4) is 0 Å². The summed E-state index contributed by atoms with van der Waals surface area (Å²) >= 11 is 0. The lowest BCUT2D eigenvalue weighted by atomic mass is 9.91. The molecule has 0 bridgehead atoms. The molecule has 0 aliphatic heterocycles. The van der Waals surface area contributed by atoms with E-state index in [0.29, 0.717) is 5.69 Å². The fourth-order valence-corrected chi connectivity index (χ4v) is 5.39. The molecule has 0 amide bonds. The van der Waals surface area contributed by atoms with Gasteiger partial charge in [-0.3, -0.25) is 5.10 Å². The van der Waals surface area contributed by atoms with Crippen LogP contribution in [-0.2, 0) is 22.9 Å². The molecule has 5 nitrogen and oxygen atoms in total. The molecule has 1 aromatic heterocycles. The summed E-state index contributed by atoms with van der Waals surface area (Å²) in [5.41, 5.74) is 4.61. The molecule has 1 aliphatic rings. The van der Waals surface area contributed by atoms with Gasteiger partial charge in [0.1, 0.15) is 5.82 Å². The molecule has 1 heterocycles. The second-order valence-corrected chi connectivity index (χ2v) is 9.97. The Bertz CT molecular complexity index is 1190. The Hall–Kier alpha value is -2.77. The Labute approximate surface area is 188 Å². The van der Waals surface area contributed by atoms with Crippen molar-refractivity contribution in [2.24, 2.45) is 0 Å². The number of nitrogens with zero attached hydrogens (tertiary/aromatic N) is 1. The largest absolute Gasteiger partial charge is 0.281 e. The van der Waals surface area contributed by atoms with E-state index < -0.39 is 10.0 Å². The third-order valence-corrected chi connectivity index (χ3v) is 7.16. The lowest BCUT2D eigenvalue weighted by Gasteiger charge is -2.14. The van der Waals surface area contributed by atoms with Crippen molar-refractivity contribution in [2.75, 3.05) is 0 Å². The first-order valence-corrected chi connectivity index (χ1v) is 12.5. The molecule has 1 aliphatic carbocycles. The number of fused-ring (bicyclic) bond motifs is 1. The Morgan fingerprint density at radius 3 is 2.78 bits per heavy atom. The quantitative estimate of drug-likeness (QED) is 0.480. The van der Waals surface area contributed by atoms with Gasteiger partial charge in [-0.05, 0) is 61.9 Å². The standard InChI is InChI=1S/C25H28FN3O2S/c1-18(20-9-3-2-4-10-20)29-32(30,31)15-14-24-23-13-6-5-11-21(25(23)28-27-24)16-19-8-7-12-22(26)17-19/h2-4,7-10,12,14-15,17-18,21,29H,5-6,11,13,16H2,1H3,(H,27,28)/t18-,21-/m0/s1. The Kier molecular flexibility index (Phi) is 6.86. The fourth-order valence-electron chi connectivity index (χ4n) is 4.37. The SMILES string of the molecule is C[C@H](NS(=O)(=O)C=Cc1n[nH]c2c1CCCC[C@H]2Cc1cccc(F)c1)c1ccccc1. The number of nitrogens with one attached hydrogen (secondary N) is 2. The summed E-state index contributed by atoms with van der Waals surface area (Å²) in [7, 11) is -3.63. The van der Waals surface area contributed by atoms with Crippen molar-refractivity contribution < 1.29 is 12.8 Å². The molecule has 0 radical (unpaired) electrons. The van der Waals surface area contributed by atoms with Crippen LogP contribution in [0.4, 0.5) is 4.39 Å². The van der Waals surface area contributed by atoms with Crippen molar-refractivity contribution in [3.63, 3.8) is 0 Å². The summed E-state index contributed by atoms with van der Waals surface area (Å²) in [6.45, 7) is 1.82. The van der Waals surface area contributed by atoms with Crippen molar-refractivity contribution in [3.05, 3.63) is 93.9 Å². The number of hydrogen-bond donors (Lipinski definition) is 2. The average molecular weight is 454 g/mol. The minimum absolute atomic E-state index is 0.205. The third kappa shape index (κ3) is 5.53. The molecule has 0 saturated heterocycles. The highest BCUT2D eigenvalue weighted by molar-refractivity contribution is 7.92. The molecule has 0 spiro atoms. The minimum Gasteiger partial charge on any atom is -0.281 e. The molecule has 2 aromatic carbocycles. The number of benzene rings is 2. The number of sulfonamides is 1. The highest BCUT2D eigenvalue weighted by Gasteiger charge is 2.24. The van der Waals surface area contributed by atoms with Crippen LogP contribution in [0.2, 0.25) is 0 Å². The van der Waals surface area contributed by atoms with E-state index in [-0.39, 0.29) is 17.8 Å². The zero-order chi connectivity index (χ0) is 22.6. The average Bonchev–Trinajstić information content (AvgIpc) is 3.07. The normalized spacial score (nSPS) is 17.8. The van der Waals surface area contributed by atoms with Crippen molar-refractivity contribution in [3.8, 4) is 0 Å². The number of rotatable bonds is 7. The second-order valence-electron chi connectivity index (χ2n) is 8.38. The van der Waals surface area contributed by atoms with E-state index in [1.807, 2.05) is 43.3 Å². The zero-order valence-electron chi connectivity index (χ0n) is 18.1. The van der Waals surface area contributed by atoms with Crippen LogP contribution >= 0.6 is 0 Å².